The molecular weight excluding hydrogens is 276 g/mol. The van der Waals surface area contributed by atoms with Gasteiger partial charge in [-0.25, -0.2) is 0 Å². The van der Waals surface area contributed by atoms with Crippen LogP contribution in [-0.4, -0.2) is 50.3 Å². The minimum atomic E-state index is 0.474. The number of likely N-dealkylation sites (tertiary alicyclic amines) is 1. The molecule has 2 atom stereocenters. The van der Waals surface area contributed by atoms with E-state index in [9.17, 15) is 0 Å². The number of nitrogens with zero attached hydrogens (tertiary/aromatic N) is 1. The molecule has 1 heterocycles. The highest BCUT2D eigenvalue weighted by Gasteiger charge is 2.34. The van der Waals surface area contributed by atoms with E-state index in [1.807, 2.05) is 6.07 Å². The lowest BCUT2D eigenvalue weighted by molar-refractivity contribution is 0.313. The van der Waals surface area contributed by atoms with Crippen molar-refractivity contribution in [3.05, 3.63) is 23.8 Å². The number of methoxy groups -OCH3 is 2. The van der Waals surface area contributed by atoms with E-state index >= 15 is 0 Å². The minimum Gasteiger partial charge on any atom is -0.493 e. The van der Waals surface area contributed by atoms with E-state index in [2.05, 4.69) is 29.3 Å². The molecule has 1 aromatic rings. The summed E-state index contributed by atoms with van der Waals surface area (Å²) in [7, 11) is 3.36. The molecule has 4 nitrogen and oxygen atoms in total. The van der Waals surface area contributed by atoms with Gasteiger partial charge < -0.3 is 14.8 Å². The van der Waals surface area contributed by atoms with Gasteiger partial charge >= 0.3 is 0 Å². The van der Waals surface area contributed by atoms with E-state index in [0.29, 0.717) is 12.1 Å². The normalized spacial score (nSPS) is 23.5. The molecule has 2 fully saturated rings. The molecule has 1 aliphatic heterocycles. The Hall–Kier alpha value is -1.26. The van der Waals surface area contributed by atoms with Crippen LogP contribution in [0.5, 0.6) is 11.5 Å². The molecule has 0 bridgehead atoms. The van der Waals surface area contributed by atoms with Gasteiger partial charge in [-0.05, 0) is 50.3 Å². The lowest BCUT2D eigenvalue weighted by atomic mass is 10.1. The molecule has 22 heavy (non-hydrogen) atoms. The van der Waals surface area contributed by atoms with Crippen LogP contribution < -0.4 is 14.8 Å². The number of hydrogen-bond donors (Lipinski definition) is 1. The zero-order valence-corrected chi connectivity index (χ0v) is 14.0. The molecule has 1 N–H and O–H groups in total. The van der Waals surface area contributed by atoms with Crippen LogP contribution in [0.2, 0.25) is 0 Å². The van der Waals surface area contributed by atoms with Gasteiger partial charge in [0.05, 0.1) is 14.2 Å². The highest BCUT2D eigenvalue weighted by Crippen LogP contribution is 2.30. The minimum absolute atomic E-state index is 0.474. The van der Waals surface area contributed by atoms with Crippen LogP contribution in [0.25, 0.3) is 0 Å². The van der Waals surface area contributed by atoms with Crippen LogP contribution in [0.1, 0.15) is 31.7 Å². The van der Waals surface area contributed by atoms with Crippen LogP contribution in [0.15, 0.2) is 18.2 Å². The molecule has 0 radical (unpaired) electrons. The molecule has 1 aliphatic carbocycles. The second kappa shape index (κ2) is 6.88. The smallest absolute Gasteiger partial charge is 0.160 e. The Kier molecular flexibility index (Phi) is 4.89. The van der Waals surface area contributed by atoms with Gasteiger partial charge in [0.25, 0.3) is 0 Å². The molecule has 2 aliphatic rings. The van der Waals surface area contributed by atoms with Crippen molar-refractivity contribution in [2.24, 2.45) is 0 Å². The molecule has 0 unspecified atom stereocenters. The molecule has 1 aromatic carbocycles. The summed E-state index contributed by atoms with van der Waals surface area (Å²) in [5.41, 5.74) is 1.29. The second-order valence-corrected chi connectivity index (χ2v) is 6.67. The highest BCUT2D eigenvalue weighted by molar-refractivity contribution is 5.43. The van der Waals surface area contributed by atoms with Crippen LogP contribution in [0.3, 0.4) is 0 Å². The molecule has 4 heteroatoms. The van der Waals surface area contributed by atoms with E-state index < -0.39 is 0 Å². The van der Waals surface area contributed by atoms with E-state index in [1.165, 1.54) is 37.9 Å². The number of nitrogens with one attached hydrogen (secondary N) is 1. The Labute approximate surface area is 133 Å². The first kappa shape index (κ1) is 15.6. The Morgan fingerprint density at radius 1 is 1.18 bits per heavy atom. The molecule has 1 saturated heterocycles. The quantitative estimate of drug-likeness (QED) is 0.839. The molecule has 3 rings (SSSR count). The predicted molar refractivity (Wildman–Crippen MR) is 88.8 cm³/mol. The van der Waals surface area contributed by atoms with Crippen molar-refractivity contribution in [1.82, 2.24) is 10.2 Å². The van der Waals surface area contributed by atoms with Gasteiger partial charge in [0.15, 0.2) is 11.5 Å². The maximum absolute atomic E-state index is 5.39. The summed E-state index contributed by atoms with van der Waals surface area (Å²) in [4.78, 5) is 2.65. The van der Waals surface area contributed by atoms with Crippen LogP contribution >= 0.6 is 0 Å². The Morgan fingerprint density at radius 3 is 2.64 bits per heavy atom. The summed E-state index contributed by atoms with van der Waals surface area (Å²) < 4.78 is 10.7. The first-order valence-electron chi connectivity index (χ1n) is 8.40. The van der Waals surface area contributed by atoms with E-state index in [1.54, 1.807) is 14.2 Å². The number of hydrogen-bond acceptors (Lipinski definition) is 4. The van der Waals surface area contributed by atoms with Crippen molar-refractivity contribution in [3.63, 3.8) is 0 Å². The number of benzene rings is 1. The Bertz CT molecular complexity index is 502. The summed E-state index contributed by atoms with van der Waals surface area (Å²) in [6.45, 7) is 4.77. The SMILES string of the molecule is COc1ccc(C[C@H](C)N[C@@H]2CCN(C3CC3)C2)cc1OC. The lowest BCUT2D eigenvalue weighted by Crippen LogP contribution is -2.39. The zero-order chi connectivity index (χ0) is 15.5. The number of ether oxygens (including phenoxy) is 2. The molecule has 0 aromatic heterocycles. The van der Waals surface area contributed by atoms with Gasteiger partial charge in [0, 0.05) is 31.2 Å². The first-order valence-corrected chi connectivity index (χ1v) is 8.40. The van der Waals surface area contributed by atoms with Crippen molar-refractivity contribution in [2.45, 2.75) is 50.7 Å². The Balaban J connectivity index is 1.52. The maximum atomic E-state index is 5.39. The highest BCUT2D eigenvalue weighted by atomic mass is 16.5. The van der Waals surface area contributed by atoms with Crippen molar-refractivity contribution < 1.29 is 9.47 Å². The van der Waals surface area contributed by atoms with Gasteiger partial charge in [-0.1, -0.05) is 6.07 Å². The molecule has 122 valence electrons. The van der Waals surface area contributed by atoms with Gasteiger partial charge in [0.2, 0.25) is 0 Å². The predicted octanol–water partition coefficient (Wildman–Crippen LogP) is 2.46. The van der Waals surface area contributed by atoms with E-state index in [-0.39, 0.29) is 0 Å². The first-order chi connectivity index (χ1) is 10.7. The third-order valence-corrected chi connectivity index (χ3v) is 4.79. The van der Waals surface area contributed by atoms with Gasteiger partial charge in [-0.2, -0.15) is 0 Å². The summed E-state index contributed by atoms with van der Waals surface area (Å²) in [6, 6.07) is 8.23. The maximum Gasteiger partial charge on any atom is 0.160 e. The monoisotopic (exact) mass is 304 g/mol. The largest absolute Gasteiger partial charge is 0.493 e. The van der Waals surface area contributed by atoms with Crippen molar-refractivity contribution in [3.8, 4) is 11.5 Å². The average Bonchev–Trinajstić information content (AvgIpc) is 3.27. The number of rotatable bonds is 7. The Morgan fingerprint density at radius 2 is 1.95 bits per heavy atom. The molecule has 0 amide bonds. The van der Waals surface area contributed by atoms with Crippen molar-refractivity contribution in [2.75, 3.05) is 27.3 Å². The van der Waals surface area contributed by atoms with Crippen LogP contribution in [-0.2, 0) is 6.42 Å². The van der Waals surface area contributed by atoms with E-state index in [4.69, 9.17) is 9.47 Å². The average molecular weight is 304 g/mol. The fraction of sp³-hybridized carbons (Fsp3) is 0.667. The van der Waals surface area contributed by atoms with Gasteiger partial charge in [-0.15, -0.1) is 0 Å². The standard InChI is InChI=1S/C18H28N2O2/c1-13(19-15-8-9-20(12-15)16-5-6-16)10-14-4-7-17(21-2)18(11-14)22-3/h4,7,11,13,15-16,19H,5-6,8-10,12H2,1-3H3/t13-,15+/m0/s1. The molecule has 0 spiro atoms. The van der Waals surface area contributed by atoms with Gasteiger partial charge in [-0.3, -0.25) is 4.90 Å². The third kappa shape index (κ3) is 3.73. The summed E-state index contributed by atoms with van der Waals surface area (Å²) in [5.74, 6) is 1.61. The summed E-state index contributed by atoms with van der Waals surface area (Å²) in [6.07, 6.45) is 5.12. The fourth-order valence-electron chi connectivity index (χ4n) is 3.52. The molecular formula is C18H28N2O2. The van der Waals surface area contributed by atoms with Crippen molar-refractivity contribution in [1.29, 1.82) is 0 Å². The van der Waals surface area contributed by atoms with Crippen LogP contribution in [0.4, 0.5) is 0 Å². The molecule has 1 saturated carbocycles. The topological polar surface area (TPSA) is 33.7 Å². The summed E-state index contributed by atoms with van der Waals surface area (Å²) in [5, 5.41) is 3.79. The van der Waals surface area contributed by atoms with E-state index in [0.717, 1.165) is 24.0 Å². The fourth-order valence-corrected chi connectivity index (χ4v) is 3.52. The summed E-state index contributed by atoms with van der Waals surface area (Å²) >= 11 is 0. The van der Waals surface area contributed by atoms with Gasteiger partial charge in [0.1, 0.15) is 0 Å². The second-order valence-electron chi connectivity index (χ2n) is 6.67. The van der Waals surface area contributed by atoms with Crippen molar-refractivity contribution >= 4 is 0 Å². The zero-order valence-electron chi connectivity index (χ0n) is 14.0. The third-order valence-electron chi connectivity index (χ3n) is 4.79. The lowest BCUT2D eigenvalue weighted by Gasteiger charge is -2.21. The van der Waals surface area contributed by atoms with Crippen LogP contribution in [0, 0.1) is 0 Å².